The summed E-state index contributed by atoms with van der Waals surface area (Å²) in [5, 5.41) is 11.6. The van der Waals surface area contributed by atoms with Crippen LogP contribution in [0.2, 0.25) is 0 Å². The smallest absolute Gasteiger partial charge is 0.177 e. The number of Topliss-reactive ketones (excluding diaryl/α,β-unsaturated/α-hetero) is 1. The van der Waals surface area contributed by atoms with Crippen molar-refractivity contribution >= 4 is 17.5 Å². The molecule has 3 nitrogen and oxygen atoms in total. The second-order valence-electron chi connectivity index (χ2n) is 8.07. The zero-order valence-electron chi connectivity index (χ0n) is 15.6. The maximum absolute atomic E-state index is 13.2. The van der Waals surface area contributed by atoms with Crippen LogP contribution in [0, 0.1) is 23.7 Å². The van der Waals surface area contributed by atoms with Gasteiger partial charge in [-0.2, -0.15) is 0 Å². The Morgan fingerprint density at radius 1 is 1.24 bits per heavy atom. The van der Waals surface area contributed by atoms with Gasteiger partial charge in [0.15, 0.2) is 5.78 Å². The van der Waals surface area contributed by atoms with Gasteiger partial charge < -0.3 is 9.84 Å². The molecule has 1 aromatic carbocycles. The summed E-state index contributed by atoms with van der Waals surface area (Å²) < 4.78 is 5.66. The van der Waals surface area contributed by atoms with Crippen molar-refractivity contribution < 1.29 is 14.6 Å². The number of ketones is 1. The van der Waals surface area contributed by atoms with E-state index in [0.717, 1.165) is 24.2 Å². The molecule has 0 spiro atoms. The number of ether oxygens (including phenoxy) is 1. The molecule has 2 aliphatic rings. The number of rotatable bonds is 4. The molecule has 2 saturated carbocycles. The highest BCUT2D eigenvalue weighted by molar-refractivity contribution is 8.00. The van der Waals surface area contributed by atoms with E-state index < -0.39 is 11.7 Å². The molecule has 1 aromatic rings. The topological polar surface area (TPSA) is 46.5 Å². The maximum Gasteiger partial charge on any atom is 0.177 e. The van der Waals surface area contributed by atoms with Crippen molar-refractivity contribution in [3.8, 4) is 0 Å². The zero-order valence-corrected chi connectivity index (χ0v) is 16.5. The minimum absolute atomic E-state index is 0.0508. The lowest BCUT2D eigenvalue weighted by atomic mass is 9.54. The van der Waals surface area contributed by atoms with Crippen LogP contribution in [-0.4, -0.2) is 35.0 Å². The monoisotopic (exact) mass is 362 g/mol. The minimum Gasteiger partial charge on any atom is -0.386 e. The fourth-order valence-electron chi connectivity index (χ4n) is 5.10. The molecule has 0 bridgehead atoms. The van der Waals surface area contributed by atoms with Gasteiger partial charge >= 0.3 is 0 Å². The van der Waals surface area contributed by atoms with Crippen LogP contribution in [0.15, 0.2) is 35.2 Å². The first kappa shape index (κ1) is 18.9. The Morgan fingerprint density at radius 3 is 2.52 bits per heavy atom. The van der Waals surface area contributed by atoms with Gasteiger partial charge in [-0.1, -0.05) is 39.0 Å². The molecule has 1 N–H and O–H groups in total. The normalized spacial score (nSPS) is 38.6. The first-order valence-corrected chi connectivity index (χ1v) is 10.3. The SMILES string of the molecule is COC1C(=O)C(Sc2ccccc2)CC2[C@H](C)CC[C@@H](C(C)C)C12O. The second-order valence-corrected chi connectivity index (χ2v) is 9.35. The van der Waals surface area contributed by atoms with E-state index in [1.807, 2.05) is 30.3 Å². The predicted octanol–water partition coefficient (Wildman–Crippen LogP) is 4.18. The average molecular weight is 363 g/mol. The molecular formula is C21H30O3S. The number of hydrogen-bond donors (Lipinski definition) is 1. The second kappa shape index (κ2) is 7.42. The van der Waals surface area contributed by atoms with Crippen LogP contribution in [0.3, 0.4) is 0 Å². The Kier molecular flexibility index (Phi) is 5.62. The van der Waals surface area contributed by atoms with E-state index in [9.17, 15) is 9.90 Å². The Balaban J connectivity index is 1.93. The number of aliphatic hydroxyl groups is 1. The molecule has 138 valence electrons. The molecule has 2 aliphatic carbocycles. The molecular weight excluding hydrogens is 332 g/mol. The Hall–Kier alpha value is -0.840. The summed E-state index contributed by atoms with van der Waals surface area (Å²) in [6, 6.07) is 10.1. The number of hydrogen-bond acceptors (Lipinski definition) is 4. The van der Waals surface area contributed by atoms with Gasteiger partial charge in [-0.3, -0.25) is 4.79 Å². The van der Waals surface area contributed by atoms with Crippen LogP contribution in [0.25, 0.3) is 0 Å². The summed E-state index contributed by atoms with van der Waals surface area (Å²) in [7, 11) is 1.57. The molecule has 3 rings (SSSR count). The first-order chi connectivity index (χ1) is 11.9. The summed E-state index contributed by atoms with van der Waals surface area (Å²) in [5.74, 6) is 1.02. The number of carbonyl (C=O) groups excluding carboxylic acids is 1. The van der Waals surface area contributed by atoms with E-state index in [0.29, 0.717) is 11.8 Å². The molecule has 4 heteroatoms. The van der Waals surface area contributed by atoms with E-state index in [1.54, 1.807) is 18.9 Å². The fourth-order valence-corrected chi connectivity index (χ4v) is 6.29. The highest BCUT2D eigenvalue weighted by Gasteiger charge is 2.61. The molecule has 0 radical (unpaired) electrons. The quantitative estimate of drug-likeness (QED) is 0.873. The Morgan fingerprint density at radius 2 is 1.92 bits per heavy atom. The molecule has 0 saturated heterocycles. The summed E-state index contributed by atoms with van der Waals surface area (Å²) in [6.07, 6.45) is 2.10. The summed E-state index contributed by atoms with van der Waals surface area (Å²) in [6.45, 7) is 6.52. The van der Waals surface area contributed by atoms with Crippen LogP contribution in [0.5, 0.6) is 0 Å². The number of methoxy groups -OCH3 is 1. The van der Waals surface area contributed by atoms with Crippen molar-refractivity contribution in [1.29, 1.82) is 0 Å². The van der Waals surface area contributed by atoms with Crippen LogP contribution >= 0.6 is 11.8 Å². The zero-order chi connectivity index (χ0) is 18.2. The van der Waals surface area contributed by atoms with Crippen LogP contribution < -0.4 is 0 Å². The van der Waals surface area contributed by atoms with Crippen molar-refractivity contribution in [2.24, 2.45) is 23.7 Å². The van der Waals surface area contributed by atoms with Gasteiger partial charge in [0.2, 0.25) is 0 Å². The van der Waals surface area contributed by atoms with E-state index in [-0.39, 0.29) is 22.9 Å². The highest BCUT2D eigenvalue weighted by atomic mass is 32.2. The van der Waals surface area contributed by atoms with Crippen LogP contribution in [0.4, 0.5) is 0 Å². The molecule has 0 amide bonds. The van der Waals surface area contributed by atoms with Crippen molar-refractivity contribution in [1.82, 2.24) is 0 Å². The number of thioether (sulfide) groups is 1. The number of benzene rings is 1. The van der Waals surface area contributed by atoms with Gasteiger partial charge in [0.05, 0.1) is 5.25 Å². The minimum atomic E-state index is -1.04. The molecule has 2 fully saturated rings. The summed E-state index contributed by atoms with van der Waals surface area (Å²) >= 11 is 1.62. The largest absolute Gasteiger partial charge is 0.386 e. The van der Waals surface area contributed by atoms with Crippen molar-refractivity contribution in [2.45, 2.75) is 61.9 Å². The maximum atomic E-state index is 13.2. The van der Waals surface area contributed by atoms with Crippen molar-refractivity contribution in [3.05, 3.63) is 30.3 Å². The lowest BCUT2D eigenvalue weighted by molar-refractivity contribution is -0.211. The molecule has 0 aromatic heterocycles. The number of fused-ring (bicyclic) bond motifs is 1. The molecule has 25 heavy (non-hydrogen) atoms. The molecule has 0 aliphatic heterocycles. The summed E-state index contributed by atoms with van der Waals surface area (Å²) in [5.41, 5.74) is -1.04. The lowest BCUT2D eigenvalue weighted by Gasteiger charge is -2.56. The van der Waals surface area contributed by atoms with Crippen molar-refractivity contribution in [3.63, 3.8) is 0 Å². The van der Waals surface area contributed by atoms with E-state index in [2.05, 4.69) is 20.8 Å². The fraction of sp³-hybridized carbons (Fsp3) is 0.667. The predicted molar refractivity (Wildman–Crippen MR) is 102 cm³/mol. The number of carbonyl (C=O) groups is 1. The van der Waals surface area contributed by atoms with Gasteiger partial charge in [-0.25, -0.2) is 0 Å². The average Bonchev–Trinajstić information content (AvgIpc) is 2.57. The molecule has 0 heterocycles. The molecule has 6 atom stereocenters. The van der Waals surface area contributed by atoms with Gasteiger partial charge in [-0.15, -0.1) is 11.8 Å². The van der Waals surface area contributed by atoms with Gasteiger partial charge in [0.1, 0.15) is 11.7 Å². The van der Waals surface area contributed by atoms with E-state index in [4.69, 9.17) is 4.74 Å². The third kappa shape index (κ3) is 3.29. The Labute approximate surface area is 155 Å². The third-order valence-electron chi connectivity index (χ3n) is 6.33. The third-order valence-corrected chi connectivity index (χ3v) is 7.59. The van der Waals surface area contributed by atoms with Gasteiger partial charge in [-0.05, 0) is 55.1 Å². The van der Waals surface area contributed by atoms with Crippen LogP contribution in [-0.2, 0) is 9.53 Å². The van der Waals surface area contributed by atoms with Gasteiger partial charge in [0, 0.05) is 12.0 Å². The standard InChI is InChI=1S/C21H30O3S/c1-13(2)16-11-10-14(3)17-12-18(25-15-8-6-5-7-9-15)19(22)20(24-4)21(16,17)23/h5-9,13-14,16-18,20,23H,10-12H2,1-4H3/t14-,16+,17?,18?,20?,21?/m1/s1. The highest BCUT2D eigenvalue weighted by Crippen LogP contribution is 2.53. The lowest BCUT2D eigenvalue weighted by Crippen LogP contribution is -2.67. The van der Waals surface area contributed by atoms with E-state index in [1.165, 1.54) is 0 Å². The van der Waals surface area contributed by atoms with E-state index >= 15 is 0 Å². The first-order valence-electron chi connectivity index (χ1n) is 9.40. The van der Waals surface area contributed by atoms with Gasteiger partial charge in [0.25, 0.3) is 0 Å². The Bertz CT molecular complexity index is 602. The van der Waals surface area contributed by atoms with Crippen molar-refractivity contribution in [2.75, 3.05) is 7.11 Å². The van der Waals surface area contributed by atoms with Crippen LogP contribution in [0.1, 0.15) is 40.0 Å². The molecule has 4 unspecified atom stereocenters. The summed E-state index contributed by atoms with van der Waals surface area (Å²) in [4.78, 5) is 14.3.